The van der Waals surface area contributed by atoms with E-state index in [9.17, 15) is 14.4 Å². The molecule has 1 atom stereocenters. The lowest BCUT2D eigenvalue weighted by Gasteiger charge is -2.30. The van der Waals surface area contributed by atoms with Gasteiger partial charge in [-0.3, -0.25) is 18.8 Å². The van der Waals surface area contributed by atoms with Gasteiger partial charge in [-0.2, -0.15) is 0 Å². The van der Waals surface area contributed by atoms with Gasteiger partial charge in [0.15, 0.2) is 0 Å². The van der Waals surface area contributed by atoms with Crippen LogP contribution in [-0.2, 0) is 23.6 Å². The Labute approximate surface area is 168 Å². The maximum Gasteiger partial charge on any atom is 0.338 e. The van der Waals surface area contributed by atoms with Gasteiger partial charge in [-0.05, 0) is 12.1 Å². The van der Waals surface area contributed by atoms with E-state index in [1.165, 1.54) is 17.7 Å². The van der Waals surface area contributed by atoms with Gasteiger partial charge in [0.2, 0.25) is 0 Å². The number of hydrogen-bond acceptors (Lipinski definition) is 7. The summed E-state index contributed by atoms with van der Waals surface area (Å²) in [5.74, 6) is -0.0376. The lowest BCUT2D eigenvalue weighted by molar-refractivity contribution is -0.000890. The minimum atomic E-state index is -0.472. The topological polar surface area (TPSA) is 94.8 Å². The zero-order chi connectivity index (χ0) is 20.8. The highest BCUT2D eigenvalue weighted by Gasteiger charge is 2.21. The highest BCUT2D eigenvalue weighted by Crippen LogP contribution is 2.09. The maximum atomic E-state index is 12.5. The zero-order valence-corrected chi connectivity index (χ0v) is 16.7. The second kappa shape index (κ2) is 9.53. The molecule has 1 fully saturated rings. The van der Waals surface area contributed by atoms with Crippen LogP contribution in [-0.4, -0.2) is 65.5 Å². The third-order valence-corrected chi connectivity index (χ3v) is 4.89. The van der Waals surface area contributed by atoms with E-state index < -0.39 is 23.3 Å². The van der Waals surface area contributed by atoms with E-state index >= 15 is 0 Å². The van der Waals surface area contributed by atoms with Crippen molar-refractivity contribution in [3.63, 3.8) is 0 Å². The minimum absolute atomic E-state index is 0.260. The largest absolute Gasteiger partial charge is 0.456 e. The fraction of sp³-hybridized carbons (Fsp3) is 0.450. The number of benzene rings is 1. The van der Waals surface area contributed by atoms with Crippen LogP contribution in [0.5, 0.6) is 0 Å². The number of aromatic nitrogens is 2. The highest BCUT2D eigenvalue weighted by molar-refractivity contribution is 5.89. The molecule has 1 aliphatic heterocycles. The number of nitrogens with zero attached hydrogens (tertiary/aromatic N) is 3. The number of hydrogen-bond donors (Lipinski definition) is 1. The standard InChI is InChI=1S/C20H26N4O5/c1-22-17(12-18(25)23(2)20(22)27)21-13-16(14-24-8-10-28-11-9-24)29-19(26)15-6-4-3-5-7-15/h3-7,12,16,21H,8-11,13-14H2,1-2H3. The van der Waals surface area contributed by atoms with Gasteiger partial charge in [-0.1, -0.05) is 18.2 Å². The van der Waals surface area contributed by atoms with E-state index in [-0.39, 0.29) is 6.54 Å². The molecule has 1 unspecified atom stereocenters. The Morgan fingerprint density at radius 3 is 2.52 bits per heavy atom. The van der Waals surface area contributed by atoms with Crippen LogP contribution in [0.25, 0.3) is 0 Å². The lowest BCUT2D eigenvalue weighted by Crippen LogP contribution is -2.45. The number of carbonyl (C=O) groups is 1. The van der Waals surface area contributed by atoms with E-state index in [0.717, 1.165) is 17.7 Å². The molecule has 1 saturated heterocycles. The predicted octanol–water partition coefficient (Wildman–Crippen LogP) is 0.0537. The van der Waals surface area contributed by atoms with Gasteiger partial charge in [-0.25, -0.2) is 9.59 Å². The molecule has 156 valence electrons. The third kappa shape index (κ3) is 5.33. The molecule has 9 nitrogen and oxygen atoms in total. The van der Waals surface area contributed by atoms with Crippen molar-refractivity contribution in [2.45, 2.75) is 6.10 Å². The van der Waals surface area contributed by atoms with E-state index in [4.69, 9.17) is 9.47 Å². The van der Waals surface area contributed by atoms with Gasteiger partial charge in [0.05, 0.1) is 25.3 Å². The number of nitrogens with one attached hydrogen (secondary N) is 1. The zero-order valence-electron chi connectivity index (χ0n) is 16.7. The molecule has 29 heavy (non-hydrogen) atoms. The molecule has 1 aliphatic rings. The maximum absolute atomic E-state index is 12.5. The molecule has 0 bridgehead atoms. The second-order valence-corrected chi connectivity index (χ2v) is 6.96. The van der Waals surface area contributed by atoms with Crippen LogP contribution < -0.4 is 16.6 Å². The summed E-state index contributed by atoms with van der Waals surface area (Å²) in [5, 5.41) is 3.08. The molecule has 1 aromatic carbocycles. The molecule has 1 N–H and O–H groups in total. The first-order valence-corrected chi connectivity index (χ1v) is 9.53. The van der Waals surface area contributed by atoms with Gasteiger partial charge >= 0.3 is 11.7 Å². The Bertz CT molecular complexity index is 948. The first-order chi connectivity index (χ1) is 14.0. The fourth-order valence-electron chi connectivity index (χ4n) is 3.13. The fourth-order valence-corrected chi connectivity index (χ4v) is 3.13. The molecule has 9 heteroatoms. The van der Waals surface area contributed by atoms with Crippen molar-refractivity contribution in [1.82, 2.24) is 14.0 Å². The van der Waals surface area contributed by atoms with Crippen molar-refractivity contribution < 1.29 is 14.3 Å². The molecule has 2 aromatic rings. The Hall–Kier alpha value is -2.91. The number of rotatable bonds is 7. The van der Waals surface area contributed by atoms with Gasteiger partial charge in [0.1, 0.15) is 11.9 Å². The van der Waals surface area contributed by atoms with Crippen molar-refractivity contribution in [2.75, 3.05) is 44.7 Å². The van der Waals surface area contributed by atoms with Gasteiger partial charge in [-0.15, -0.1) is 0 Å². The first-order valence-electron chi connectivity index (χ1n) is 9.53. The summed E-state index contributed by atoms with van der Waals surface area (Å²) in [7, 11) is 3.01. The summed E-state index contributed by atoms with van der Waals surface area (Å²) in [6.07, 6.45) is -0.472. The molecule has 0 radical (unpaired) electrons. The van der Waals surface area contributed by atoms with Crippen LogP contribution in [0, 0.1) is 0 Å². The summed E-state index contributed by atoms with van der Waals surface area (Å²) >= 11 is 0. The molecule has 1 aromatic heterocycles. The van der Waals surface area contributed by atoms with Crippen LogP contribution >= 0.6 is 0 Å². The van der Waals surface area contributed by atoms with Crippen LogP contribution in [0.2, 0.25) is 0 Å². The lowest BCUT2D eigenvalue weighted by atomic mass is 10.2. The number of esters is 1. The van der Waals surface area contributed by atoms with Crippen molar-refractivity contribution >= 4 is 11.8 Å². The van der Waals surface area contributed by atoms with E-state index in [1.54, 1.807) is 31.3 Å². The van der Waals surface area contributed by atoms with Crippen molar-refractivity contribution in [2.24, 2.45) is 14.1 Å². The summed E-state index contributed by atoms with van der Waals surface area (Å²) in [4.78, 5) is 38.7. The third-order valence-electron chi connectivity index (χ3n) is 4.89. The predicted molar refractivity (Wildman–Crippen MR) is 108 cm³/mol. The second-order valence-electron chi connectivity index (χ2n) is 6.96. The van der Waals surface area contributed by atoms with Crippen molar-refractivity contribution in [1.29, 1.82) is 0 Å². The summed E-state index contributed by atoms with van der Waals surface area (Å²) < 4.78 is 13.5. The Morgan fingerprint density at radius 2 is 1.83 bits per heavy atom. The quantitative estimate of drug-likeness (QED) is 0.654. The SMILES string of the molecule is Cn1c(NCC(CN2CCOCC2)OC(=O)c2ccccc2)cc(=O)n(C)c1=O. The molecule has 0 amide bonds. The van der Waals surface area contributed by atoms with Crippen LogP contribution in [0.15, 0.2) is 46.0 Å². The van der Waals surface area contributed by atoms with Crippen LogP contribution in [0.3, 0.4) is 0 Å². The molecule has 2 heterocycles. The van der Waals surface area contributed by atoms with E-state index in [0.29, 0.717) is 31.1 Å². The Morgan fingerprint density at radius 1 is 1.14 bits per heavy atom. The molecular formula is C20H26N4O5. The van der Waals surface area contributed by atoms with Gasteiger partial charge < -0.3 is 14.8 Å². The summed E-state index contributed by atoms with van der Waals surface area (Å²) in [6.45, 7) is 3.56. The van der Waals surface area contributed by atoms with E-state index in [2.05, 4.69) is 10.2 Å². The van der Waals surface area contributed by atoms with Crippen LogP contribution in [0.4, 0.5) is 5.82 Å². The number of carbonyl (C=O) groups excluding carboxylic acids is 1. The van der Waals surface area contributed by atoms with E-state index in [1.807, 2.05) is 6.07 Å². The van der Waals surface area contributed by atoms with Gasteiger partial charge in [0, 0.05) is 39.8 Å². The Balaban J connectivity index is 1.73. The normalized spacial score (nSPS) is 15.7. The van der Waals surface area contributed by atoms with Crippen molar-refractivity contribution in [3.8, 4) is 0 Å². The minimum Gasteiger partial charge on any atom is -0.456 e. The van der Waals surface area contributed by atoms with Crippen LogP contribution in [0.1, 0.15) is 10.4 Å². The number of morpholine rings is 1. The number of ether oxygens (including phenoxy) is 2. The summed E-state index contributed by atoms with van der Waals surface area (Å²) in [5.41, 5.74) is -0.354. The van der Waals surface area contributed by atoms with Gasteiger partial charge in [0.25, 0.3) is 5.56 Å². The molecule has 0 spiro atoms. The molecule has 0 aliphatic carbocycles. The highest BCUT2D eigenvalue weighted by atomic mass is 16.5. The van der Waals surface area contributed by atoms with Crippen molar-refractivity contribution in [3.05, 3.63) is 62.8 Å². The smallest absolute Gasteiger partial charge is 0.338 e. The summed E-state index contributed by atoms with van der Waals surface area (Å²) in [6, 6.07) is 10.1. The Kier molecular flexibility index (Phi) is 6.84. The first kappa shape index (κ1) is 20.8. The monoisotopic (exact) mass is 402 g/mol. The molecule has 0 saturated carbocycles. The average molecular weight is 402 g/mol. The average Bonchev–Trinajstić information content (AvgIpc) is 2.75. The number of anilines is 1. The molecular weight excluding hydrogens is 376 g/mol. The molecule has 3 rings (SSSR count).